The maximum Gasteiger partial charge on any atom is 0.453 e. The molecular weight excluding hydrogens is 567 g/mol. The van der Waals surface area contributed by atoms with E-state index in [1.807, 2.05) is 6.92 Å². The average molecular weight is 591 g/mol. The number of hydrogen-bond donors (Lipinski definition) is 2. The molecule has 0 bridgehead atoms. The van der Waals surface area contributed by atoms with Gasteiger partial charge >= 0.3 is 12.1 Å². The number of carbonyl (C=O) groups is 1. The molecule has 3 aliphatic rings. The van der Waals surface area contributed by atoms with Crippen molar-refractivity contribution in [2.45, 2.75) is 68.4 Å². The average Bonchev–Trinajstić information content (AvgIpc) is 3.78. The van der Waals surface area contributed by atoms with Crippen LogP contribution < -0.4 is 11.1 Å². The van der Waals surface area contributed by atoms with E-state index < -0.39 is 36.3 Å². The van der Waals surface area contributed by atoms with E-state index in [1.165, 1.54) is 17.9 Å². The minimum absolute atomic E-state index is 0.00725. The summed E-state index contributed by atoms with van der Waals surface area (Å²) in [7, 11) is 1.52. The van der Waals surface area contributed by atoms with Crippen molar-refractivity contribution in [1.29, 1.82) is 0 Å². The van der Waals surface area contributed by atoms with E-state index >= 15 is 0 Å². The Morgan fingerprint density at radius 2 is 1.81 bits per heavy atom. The minimum Gasteiger partial charge on any atom is -0.423 e. The molecule has 2 saturated carbocycles. The molecule has 4 aromatic heterocycles. The zero-order chi connectivity index (χ0) is 29.8. The molecule has 5 heterocycles. The van der Waals surface area contributed by atoms with Crippen molar-refractivity contribution >= 4 is 28.6 Å². The minimum atomic E-state index is -5.72. The van der Waals surface area contributed by atoms with Gasteiger partial charge in [-0.3, -0.25) is 9.48 Å². The van der Waals surface area contributed by atoms with Crippen LogP contribution in [0.1, 0.15) is 62.2 Å². The molecule has 1 unspecified atom stereocenters. The molecule has 1 aliphatic heterocycles. The largest absolute Gasteiger partial charge is 0.453 e. The molecule has 1 amide bonds. The van der Waals surface area contributed by atoms with Gasteiger partial charge in [0.1, 0.15) is 23.2 Å². The molecule has 220 valence electrons. The SMILES string of the molecule is Cn1ncc2c(-c3nc(N)c4c(n3)NC(=O)C4(c3nnc(C4(C)CC4)o3)C3CC3)nc(CCC(F)(F)C(F)(F)F)nc21. The summed E-state index contributed by atoms with van der Waals surface area (Å²) >= 11 is 0. The van der Waals surface area contributed by atoms with E-state index in [4.69, 9.17) is 10.2 Å². The molecule has 0 saturated heterocycles. The molecule has 1 atom stereocenters. The number of nitrogens with zero attached hydrogens (tertiary/aromatic N) is 8. The summed E-state index contributed by atoms with van der Waals surface area (Å²) in [5, 5.41) is 15.7. The number of hydrogen-bond acceptors (Lipinski definition) is 10. The van der Waals surface area contributed by atoms with Crippen LogP contribution >= 0.6 is 0 Å². The molecular formula is C25H23F5N10O2. The number of anilines is 2. The number of nitrogens with two attached hydrogens (primary N) is 1. The zero-order valence-corrected chi connectivity index (χ0v) is 22.3. The molecule has 42 heavy (non-hydrogen) atoms. The van der Waals surface area contributed by atoms with Crippen molar-refractivity contribution in [3.63, 3.8) is 0 Å². The third-order valence-corrected chi connectivity index (χ3v) is 8.32. The lowest BCUT2D eigenvalue weighted by Crippen LogP contribution is -2.39. The topological polar surface area (TPSA) is 163 Å². The number of aryl methyl sites for hydroxylation is 2. The second-order valence-corrected chi connectivity index (χ2v) is 11.4. The van der Waals surface area contributed by atoms with Crippen molar-refractivity contribution < 1.29 is 31.2 Å². The predicted molar refractivity (Wildman–Crippen MR) is 134 cm³/mol. The Hall–Kier alpha value is -4.31. The number of carbonyl (C=O) groups excluding carboxylic acids is 1. The van der Waals surface area contributed by atoms with Gasteiger partial charge in [0, 0.05) is 25.3 Å². The maximum absolute atomic E-state index is 13.7. The van der Waals surface area contributed by atoms with Gasteiger partial charge in [0.05, 0.1) is 17.1 Å². The number of fused-ring (bicyclic) bond motifs is 2. The Labute approximate surface area is 233 Å². The summed E-state index contributed by atoms with van der Waals surface area (Å²) in [5.41, 5.74) is 5.32. The van der Waals surface area contributed by atoms with Crippen molar-refractivity contribution in [3.05, 3.63) is 29.4 Å². The van der Waals surface area contributed by atoms with Crippen LogP contribution in [0.5, 0.6) is 0 Å². The van der Waals surface area contributed by atoms with Crippen LogP contribution in [0.15, 0.2) is 10.6 Å². The normalized spacial score (nSPS) is 21.5. The van der Waals surface area contributed by atoms with Crippen molar-refractivity contribution in [3.8, 4) is 11.5 Å². The summed E-state index contributed by atoms with van der Waals surface area (Å²) in [5.74, 6) is -5.38. The highest BCUT2D eigenvalue weighted by Crippen LogP contribution is 2.58. The number of rotatable bonds is 7. The van der Waals surface area contributed by atoms with E-state index in [0.29, 0.717) is 24.1 Å². The summed E-state index contributed by atoms with van der Waals surface area (Å²) in [4.78, 5) is 31.0. The molecule has 3 N–H and O–H groups in total. The number of nitrogens with one attached hydrogen (secondary N) is 1. The number of alkyl halides is 5. The molecule has 0 radical (unpaired) electrons. The first-order valence-corrected chi connectivity index (χ1v) is 13.2. The Bertz CT molecular complexity index is 1770. The summed E-state index contributed by atoms with van der Waals surface area (Å²) in [6.07, 6.45) is -3.49. The molecule has 2 fully saturated rings. The highest BCUT2D eigenvalue weighted by atomic mass is 19.4. The third kappa shape index (κ3) is 3.77. The van der Waals surface area contributed by atoms with Crippen molar-refractivity contribution in [2.24, 2.45) is 13.0 Å². The Balaban J connectivity index is 1.33. The highest BCUT2D eigenvalue weighted by Gasteiger charge is 2.63. The van der Waals surface area contributed by atoms with E-state index in [9.17, 15) is 26.7 Å². The van der Waals surface area contributed by atoms with Crippen LogP contribution in [0.3, 0.4) is 0 Å². The van der Waals surface area contributed by atoms with Gasteiger partial charge in [-0.05, 0) is 31.6 Å². The van der Waals surface area contributed by atoms with Gasteiger partial charge in [-0.1, -0.05) is 6.92 Å². The number of nitrogen functional groups attached to an aromatic ring is 1. The van der Waals surface area contributed by atoms with Crippen LogP contribution in [0, 0.1) is 5.92 Å². The lowest BCUT2D eigenvalue weighted by atomic mass is 9.77. The molecule has 0 spiro atoms. The fourth-order valence-electron chi connectivity index (χ4n) is 5.46. The quantitative estimate of drug-likeness (QED) is 0.304. The first-order chi connectivity index (χ1) is 19.7. The molecule has 2 aliphatic carbocycles. The number of aromatic nitrogens is 8. The van der Waals surface area contributed by atoms with Crippen molar-refractivity contribution in [2.75, 3.05) is 11.1 Å². The molecule has 12 nitrogen and oxygen atoms in total. The van der Waals surface area contributed by atoms with E-state index in [1.54, 1.807) is 0 Å². The zero-order valence-electron chi connectivity index (χ0n) is 22.3. The first-order valence-electron chi connectivity index (χ1n) is 13.2. The van der Waals surface area contributed by atoms with Crippen LogP contribution in [0.4, 0.5) is 33.6 Å². The summed E-state index contributed by atoms with van der Waals surface area (Å²) in [6, 6.07) is 0. The number of halogens is 5. The summed E-state index contributed by atoms with van der Waals surface area (Å²) in [6.45, 7) is 2.00. The van der Waals surface area contributed by atoms with Gasteiger partial charge in [0.25, 0.3) is 0 Å². The van der Waals surface area contributed by atoms with E-state index in [2.05, 4.69) is 40.5 Å². The Morgan fingerprint density at radius 3 is 2.48 bits per heavy atom. The van der Waals surface area contributed by atoms with Gasteiger partial charge in [0.15, 0.2) is 16.9 Å². The van der Waals surface area contributed by atoms with Crippen LogP contribution in [0.25, 0.3) is 22.6 Å². The monoisotopic (exact) mass is 590 g/mol. The first kappa shape index (κ1) is 26.6. The van der Waals surface area contributed by atoms with Gasteiger partial charge in [-0.25, -0.2) is 19.9 Å². The fourth-order valence-corrected chi connectivity index (χ4v) is 5.46. The fraction of sp³-hybridized carbons (Fsp3) is 0.520. The van der Waals surface area contributed by atoms with E-state index in [-0.39, 0.29) is 57.4 Å². The van der Waals surface area contributed by atoms with Gasteiger partial charge < -0.3 is 15.5 Å². The summed E-state index contributed by atoms with van der Waals surface area (Å²) < 4.78 is 73.1. The Morgan fingerprint density at radius 1 is 1.10 bits per heavy atom. The highest BCUT2D eigenvalue weighted by molar-refractivity contribution is 6.09. The molecule has 0 aromatic carbocycles. The van der Waals surface area contributed by atoms with Crippen LogP contribution in [-0.2, 0) is 29.1 Å². The second kappa shape index (κ2) is 8.38. The predicted octanol–water partition coefficient (Wildman–Crippen LogP) is 3.62. The smallest absolute Gasteiger partial charge is 0.423 e. The standard InChI is InChI=1S/C25H23F5N10O2/c1-22(7-8-22)20-38-39-21(42-20)24(10-3-4-10)13-15(31)35-17(36-16(13)37-19(24)41)14-11-9-32-40(2)18(11)34-12(33-14)5-6-23(26,27)25(28,29)30/h9-10H,3-8H2,1-2H3,(H3,31,35,36,37,41). The van der Waals surface area contributed by atoms with Crippen molar-refractivity contribution in [1.82, 2.24) is 39.9 Å². The molecule has 7 rings (SSSR count). The van der Waals surface area contributed by atoms with Gasteiger partial charge in [-0.15, -0.1) is 10.2 Å². The number of amides is 1. The van der Waals surface area contributed by atoms with E-state index in [0.717, 1.165) is 12.8 Å². The second-order valence-electron chi connectivity index (χ2n) is 11.4. The lowest BCUT2D eigenvalue weighted by molar-refractivity contribution is -0.284. The molecule has 17 heteroatoms. The van der Waals surface area contributed by atoms with Gasteiger partial charge in [-0.2, -0.15) is 27.1 Å². The van der Waals surface area contributed by atoms with Gasteiger partial charge in [0.2, 0.25) is 17.7 Å². The third-order valence-electron chi connectivity index (χ3n) is 8.32. The molecule has 4 aromatic rings. The Kier molecular flexibility index (Phi) is 5.30. The van der Waals surface area contributed by atoms with Crippen LogP contribution in [0.2, 0.25) is 0 Å². The maximum atomic E-state index is 13.7. The van der Waals surface area contributed by atoms with Crippen LogP contribution in [-0.4, -0.2) is 57.9 Å². The lowest BCUT2D eigenvalue weighted by Gasteiger charge is -2.23.